The summed E-state index contributed by atoms with van der Waals surface area (Å²) in [5.74, 6) is 2.99. The number of rotatable bonds is 3. The molecule has 2 fully saturated rings. The van der Waals surface area contributed by atoms with Crippen LogP contribution < -0.4 is 5.32 Å². The van der Waals surface area contributed by atoms with E-state index in [1.54, 1.807) is 0 Å². The van der Waals surface area contributed by atoms with Gasteiger partial charge in [0, 0.05) is 12.2 Å². The normalized spacial score (nSPS) is 32.8. The molecule has 1 aliphatic heterocycles. The molecule has 96 valence electrons. The molecule has 2 bridgehead atoms. The highest BCUT2D eigenvalue weighted by molar-refractivity contribution is 5.49. The van der Waals surface area contributed by atoms with Crippen molar-refractivity contribution in [2.75, 3.05) is 11.9 Å². The highest BCUT2D eigenvalue weighted by Crippen LogP contribution is 2.48. The van der Waals surface area contributed by atoms with Crippen molar-refractivity contribution in [3.8, 4) is 0 Å². The van der Waals surface area contributed by atoms with Gasteiger partial charge in [-0.2, -0.15) is 0 Å². The van der Waals surface area contributed by atoms with Crippen molar-refractivity contribution in [1.82, 2.24) is 0 Å². The minimum atomic E-state index is 0.791. The largest absolute Gasteiger partial charge is 0.385 e. The first-order valence-corrected chi connectivity index (χ1v) is 7.32. The van der Waals surface area contributed by atoms with Gasteiger partial charge in [-0.05, 0) is 60.3 Å². The average molecular weight is 243 g/mol. The minimum absolute atomic E-state index is 0.791. The minimum Gasteiger partial charge on any atom is -0.385 e. The Hall–Kier alpha value is -1.02. The standard InChI is InChI=1S/C16H21NO/c1-2-12-5-11(1)6-14(12)8-17-16-4-3-13-9-18-10-15(13)7-16/h3-4,7,11-12,14,17H,1-2,5-6,8-10H2. The van der Waals surface area contributed by atoms with E-state index < -0.39 is 0 Å². The molecule has 0 radical (unpaired) electrons. The molecule has 0 amide bonds. The van der Waals surface area contributed by atoms with Gasteiger partial charge in [0.25, 0.3) is 0 Å². The SMILES string of the molecule is c1cc2c(cc1NCC1CC3CCC1C3)COC2. The zero-order valence-corrected chi connectivity index (χ0v) is 10.8. The van der Waals surface area contributed by atoms with Crippen molar-refractivity contribution < 1.29 is 4.74 Å². The number of nitrogens with one attached hydrogen (secondary N) is 1. The molecule has 3 unspecified atom stereocenters. The van der Waals surface area contributed by atoms with Gasteiger partial charge in [-0.15, -0.1) is 0 Å². The van der Waals surface area contributed by atoms with E-state index in [-0.39, 0.29) is 0 Å². The summed E-state index contributed by atoms with van der Waals surface area (Å²) >= 11 is 0. The van der Waals surface area contributed by atoms with Gasteiger partial charge in [-0.1, -0.05) is 12.5 Å². The Bertz CT molecular complexity index is 456. The molecule has 0 spiro atoms. The Labute approximate surface area is 109 Å². The topological polar surface area (TPSA) is 21.3 Å². The monoisotopic (exact) mass is 243 g/mol. The maximum absolute atomic E-state index is 5.46. The van der Waals surface area contributed by atoms with E-state index in [0.29, 0.717) is 0 Å². The van der Waals surface area contributed by atoms with Crippen LogP contribution in [0.2, 0.25) is 0 Å². The number of anilines is 1. The fourth-order valence-corrected chi connectivity index (χ4v) is 4.16. The summed E-state index contributed by atoms with van der Waals surface area (Å²) in [5, 5.41) is 3.65. The molecule has 1 aromatic carbocycles. The van der Waals surface area contributed by atoms with Crippen LogP contribution in [0.1, 0.15) is 36.8 Å². The maximum Gasteiger partial charge on any atom is 0.0725 e. The third-order valence-corrected chi connectivity index (χ3v) is 5.17. The number of hydrogen-bond acceptors (Lipinski definition) is 2. The fourth-order valence-electron chi connectivity index (χ4n) is 4.16. The molecule has 2 saturated carbocycles. The van der Waals surface area contributed by atoms with Gasteiger partial charge in [0.15, 0.2) is 0 Å². The van der Waals surface area contributed by atoms with Gasteiger partial charge in [0.2, 0.25) is 0 Å². The average Bonchev–Trinajstić information content (AvgIpc) is 3.11. The highest BCUT2D eigenvalue weighted by atomic mass is 16.5. The second kappa shape index (κ2) is 4.27. The molecule has 1 N–H and O–H groups in total. The Morgan fingerprint density at radius 1 is 1.11 bits per heavy atom. The first kappa shape index (κ1) is 10.9. The Morgan fingerprint density at radius 3 is 2.89 bits per heavy atom. The Morgan fingerprint density at radius 2 is 2.06 bits per heavy atom. The second-order valence-corrected chi connectivity index (χ2v) is 6.29. The molecule has 3 aliphatic rings. The van der Waals surface area contributed by atoms with Crippen molar-refractivity contribution in [3.05, 3.63) is 29.3 Å². The van der Waals surface area contributed by atoms with E-state index in [4.69, 9.17) is 4.74 Å². The van der Waals surface area contributed by atoms with E-state index in [9.17, 15) is 0 Å². The molecule has 2 heteroatoms. The van der Waals surface area contributed by atoms with Crippen molar-refractivity contribution in [1.29, 1.82) is 0 Å². The van der Waals surface area contributed by atoms with Crippen molar-refractivity contribution >= 4 is 5.69 Å². The maximum atomic E-state index is 5.46. The zero-order valence-electron chi connectivity index (χ0n) is 10.8. The summed E-state index contributed by atoms with van der Waals surface area (Å²) in [7, 11) is 0. The van der Waals surface area contributed by atoms with Crippen LogP contribution in [-0.2, 0) is 18.0 Å². The predicted molar refractivity (Wildman–Crippen MR) is 72.4 cm³/mol. The molecule has 3 atom stereocenters. The van der Waals surface area contributed by atoms with E-state index >= 15 is 0 Å². The fraction of sp³-hybridized carbons (Fsp3) is 0.625. The van der Waals surface area contributed by atoms with Crippen LogP contribution in [0, 0.1) is 17.8 Å². The summed E-state index contributed by atoms with van der Waals surface area (Å²) in [6, 6.07) is 6.70. The van der Waals surface area contributed by atoms with Gasteiger partial charge in [-0.25, -0.2) is 0 Å². The van der Waals surface area contributed by atoms with Gasteiger partial charge >= 0.3 is 0 Å². The summed E-state index contributed by atoms with van der Waals surface area (Å²) < 4.78 is 5.46. The first-order valence-electron chi connectivity index (χ1n) is 7.32. The van der Waals surface area contributed by atoms with Gasteiger partial charge in [0.05, 0.1) is 13.2 Å². The third kappa shape index (κ3) is 1.83. The molecular formula is C16H21NO. The van der Waals surface area contributed by atoms with Crippen LogP contribution in [0.15, 0.2) is 18.2 Å². The molecule has 18 heavy (non-hydrogen) atoms. The molecule has 0 aromatic heterocycles. The first-order chi connectivity index (χ1) is 8.88. The zero-order chi connectivity index (χ0) is 11.9. The van der Waals surface area contributed by atoms with E-state index in [2.05, 4.69) is 23.5 Å². The van der Waals surface area contributed by atoms with Crippen LogP contribution in [0.4, 0.5) is 5.69 Å². The van der Waals surface area contributed by atoms with E-state index in [1.165, 1.54) is 49.0 Å². The highest BCUT2D eigenvalue weighted by Gasteiger charge is 2.38. The molecule has 2 nitrogen and oxygen atoms in total. The number of benzene rings is 1. The Balaban J connectivity index is 1.40. The van der Waals surface area contributed by atoms with Crippen LogP contribution in [0.5, 0.6) is 0 Å². The lowest BCUT2D eigenvalue weighted by atomic mass is 9.89. The molecule has 1 aromatic rings. The van der Waals surface area contributed by atoms with E-state index in [1.807, 2.05) is 0 Å². The van der Waals surface area contributed by atoms with Crippen LogP contribution in [0.25, 0.3) is 0 Å². The van der Waals surface area contributed by atoms with Crippen LogP contribution in [-0.4, -0.2) is 6.54 Å². The molecule has 4 rings (SSSR count). The second-order valence-electron chi connectivity index (χ2n) is 6.29. The van der Waals surface area contributed by atoms with Crippen molar-refractivity contribution in [3.63, 3.8) is 0 Å². The smallest absolute Gasteiger partial charge is 0.0725 e. The lowest BCUT2D eigenvalue weighted by Gasteiger charge is -2.22. The lowest BCUT2D eigenvalue weighted by Crippen LogP contribution is -2.20. The predicted octanol–water partition coefficient (Wildman–Crippen LogP) is 3.56. The van der Waals surface area contributed by atoms with Crippen molar-refractivity contribution in [2.24, 2.45) is 17.8 Å². The third-order valence-electron chi connectivity index (χ3n) is 5.17. The number of fused-ring (bicyclic) bond motifs is 3. The summed E-state index contributed by atoms with van der Waals surface area (Å²) in [5.41, 5.74) is 4.01. The van der Waals surface area contributed by atoms with Gasteiger partial charge < -0.3 is 10.1 Å². The molecule has 0 saturated heterocycles. The summed E-state index contributed by atoms with van der Waals surface area (Å²) in [6.45, 7) is 2.75. The quantitative estimate of drug-likeness (QED) is 0.876. The van der Waals surface area contributed by atoms with Crippen LogP contribution >= 0.6 is 0 Å². The van der Waals surface area contributed by atoms with Gasteiger partial charge in [-0.3, -0.25) is 0 Å². The molecular weight excluding hydrogens is 222 g/mol. The van der Waals surface area contributed by atoms with Crippen LogP contribution in [0.3, 0.4) is 0 Å². The summed E-state index contributed by atoms with van der Waals surface area (Å²) in [4.78, 5) is 0. The summed E-state index contributed by atoms with van der Waals surface area (Å²) in [6.07, 6.45) is 5.95. The molecule has 1 heterocycles. The van der Waals surface area contributed by atoms with Crippen molar-refractivity contribution in [2.45, 2.75) is 38.9 Å². The lowest BCUT2D eigenvalue weighted by molar-refractivity contribution is 0.134. The number of hydrogen-bond donors (Lipinski definition) is 1. The Kier molecular flexibility index (Phi) is 2.58. The number of ether oxygens (including phenoxy) is 1. The van der Waals surface area contributed by atoms with Gasteiger partial charge in [0.1, 0.15) is 0 Å². The molecule has 2 aliphatic carbocycles. The van der Waals surface area contributed by atoms with E-state index in [0.717, 1.165) is 31.0 Å².